The number of hydrogen-bond donors (Lipinski definition) is 1. The lowest BCUT2D eigenvalue weighted by atomic mass is 9.84. The Labute approximate surface area is 153 Å². The highest BCUT2D eigenvalue weighted by molar-refractivity contribution is 5.91. The van der Waals surface area contributed by atoms with Crippen molar-refractivity contribution in [3.8, 4) is 11.1 Å². The van der Waals surface area contributed by atoms with Crippen LogP contribution in [0.25, 0.3) is 11.1 Å². The Kier molecular flexibility index (Phi) is 3.91. The van der Waals surface area contributed by atoms with Crippen molar-refractivity contribution in [1.29, 1.82) is 0 Å². The number of para-hydroxylation sites is 1. The summed E-state index contributed by atoms with van der Waals surface area (Å²) in [5, 5.41) is 9.75. The number of anilines is 2. The van der Waals surface area contributed by atoms with Gasteiger partial charge in [-0.05, 0) is 41.0 Å². The molecule has 0 saturated carbocycles. The molecular formula is C21H14F3NO2. The zero-order valence-electron chi connectivity index (χ0n) is 14.2. The van der Waals surface area contributed by atoms with Crippen LogP contribution in [0.1, 0.15) is 17.0 Å². The van der Waals surface area contributed by atoms with Crippen LogP contribution in [0, 0.1) is 17.5 Å². The number of aliphatic carboxylic acids is 1. The normalized spacial score (nSPS) is 15.3. The topological polar surface area (TPSA) is 40.5 Å². The number of nitrogens with zero attached hydrogens (tertiary/aromatic N) is 1. The molecule has 0 aromatic heterocycles. The third kappa shape index (κ3) is 2.56. The Hall–Kier alpha value is -3.28. The number of carbonyl (C=O) groups is 1. The number of hydrogen-bond acceptors (Lipinski definition) is 2. The maximum Gasteiger partial charge on any atom is 0.315 e. The van der Waals surface area contributed by atoms with Crippen LogP contribution in [0.2, 0.25) is 0 Å². The van der Waals surface area contributed by atoms with Crippen molar-refractivity contribution in [2.75, 3.05) is 11.9 Å². The average Bonchev–Trinajstić information content (AvgIpc) is 2.66. The molecule has 0 spiro atoms. The van der Waals surface area contributed by atoms with Gasteiger partial charge in [-0.15, -0.1) is 0 Å². The van der Waals surface area contributed by atoms with Crippen molar-refractivity contribution >= 4 is 17.3 Å². The van der Waals surface area contributed by atoms with Gasteiger partial charge in [-0.25, -0.2) is 13.2 Å². The van der Waals surface area contributed by atoms with E-state index in [1.165, 1.54) is 12.1 Å². The van der Waals surface area contributed by atoms with Gasteiger partial charge in [0, 0.05) is 24.0 Å². The van der Waals surface area contributed by atoms with E-state index in [0.29, 0.717) is 22.4 Å². The number of halogens is 3. The maximum absolute atomic E-state index is 14.2. The number of carboxylic acids is 1. The van der Waals surface area contributed by atoms with Gasteiger partial charge in [-0.2, -0.15) is 0 Å². The van der Waals surface area contributed by atoms with Crippen LogP contribution >= 0.6 is 0 Å². The molecule has 3 aromatic rings. The molecular weight excluding hydrogens is 355 g/mol. The van der Waals surface area contributed by atoms with Gasteiger partial charge in [-0.3, -0.25) is 4.79 Å². The lowest BCUT2D eigenvalue weighted by Crippen LogP contribution is -2.25. The van der Waals surface area contributed by atoms with Gasteiger partial charge >= 0.3 is 5.97 Å². The first-order chi connectivity index (χ1) is 12.9. The SMILES string of the molecule is CN1c2ccccc2C(C(=O)O)c2ccc(-c3ccc(F)c(F)c3F)cc21. The second kappa shape index (κ2) is 6.16. The summed E-state index contributed by atoms with van der Waals surface area (Å²) in [5.41, 5.74) is 2.75. The molecule has 0 fully saturated rings. The molecule has 1 atom stereocenters. The van der Waals surface area contributed by atoms with E-state index in [1.807, 2.05) is 4.90 Å². The summed E-state index contributed by atoms with van der Waals surface area (Å²) < 4.78 is 41.0. The van der Waals surface area contributed by atoms with E-state index >= 15 is 0 Å². The summed E-state index contributed by atoms with van der Waals surface area (Å²) in [5.74, 6) is -5.93. The highest BCUT2D eigenvalue weighted by Gasteiger charge is 2.33. The smallest absolute Gasteiger partial charge is 0.315 e. The van der Waals surface area contributed by atoms with Crippen molar-refractivity contribution < 1.29 is 23.1 Å². The maximum atomic E-state index is 14.2. The number of benzene rings is 3. The van der Waals surface area contributed by atoms with Crippen molar-refractivity contribution in [2.45, 2.75) is 5.92 Å². The van der Waals surface area contributed by atoms with Gasteiger partial charge in [-0.1, -0.05) is 30.3 Å². The summed E-state index contributed by atoms with van der Waals surface area (Å²) in [7, 11) is 1.78. The Bertz CT molecular complexity index is 1080. The number of fused-ring (bicyclic) bond motifs is 2. The molecule has 6 heteroatoms. The van der Waals surface area contributed by atoms with Gasteiger partial charge in [0.05, 0.1) is 0 Å². The molecule has 3 nitrogen and oxygen atoms in total. The molecule has 0 saturated heterocycles. The molecule has 4 rings (SSSR count). The lowest BCUT2D eigenvalue weighted by molar-refractivity contribution is -0.137. The summed E-state index contributed by atoms with van der Waals surface area (Å²) >= 11 is 0. The summed E-state index contributed by atoms with van der Waals surface area (Å²) in [6, 6.07) is 13.9. The van der Waals surface area contributed by atoms with Crippen LogP contribution < -0.4 is 4.90 Å². The fourth-order valence-electron chi connectivity index (χ4n) is 3.60. The van der Waals surface area contributed by atoms with E-state index in [2.05, 4.69) is 0 Å². The molecule has 1 heterocycles. The fraction of sp³-hybridized carbons (Fsp3) is 0.0952. The van der Waals surface area contributed by atoms with Gasteiger partial charge < -0.3 is 10.0 Å². The monoisotopic (exact) mass is 369 g/mol. The standard InChI is InChI=1S/C21H14F3NO2/c1-25-16-5-3-2-4-13(16)18(21(26)27)14-7-6-11(10-17(14)25)12-8-9-15(22)20(24)19(12)23/h2-10,18H,1H3,(H,26,27). The minimum Gasteiger partial charge on any atom is -0.481 e. The van der Waals surface area contributed by atoms with Crippen molar-refractivity contribution in [3.05, 3.63) is 83.2 Å². The van der Waals surface area contributed by atoms with E-state index in [9.17, 15) is 23.1 Å². The lowest BCUT2D eigenvalue weighted by Gasteiger charge is -2.34. The Morgan fingerprint density at radius 3 is 2.37 bits per heavy atom. The van der Waals surface area contributed by atoms with Crippen molar-refractivity contribution in [2.24, 2.45) is 0 Å². The third-order valence-corrected chi connectivity index (χ3v) is 4.91. The predicted molar refractivity (Wildman–Crippen MR) is 95.7 cm³/mol. The molecule has 0 bridgehead atoms. The Morgan fingerprint density at radius 2 is 1.63 bits per heavy atom. The van der Waals surface area contributed by atoms with Crippen LogP contribution in [-0.2, 0) is 4.79 Å². The summed E-state index contributed by atoms with van der Waals surface area (Å²) in [6.45, 7) is 0. The van der Waals surface area contributed by atoms with Gasteiger partial charge in [0.15, 0.2) is 17.5 Å². The quantitative estimate of drug-likeness (QED) is 0.641. The van der Waals surface area contributed by atoms with Crippen LogP contribution in [0.3, 0.4) is 0 Å². The second-order valence-electron chi connectivity index (χ2n) is 6.39. The molecule has 1 aliphatic rings. The average molecular weight is 369 g/mol. The fourth-order valence-corrected chi connectivity index (χ4v) is 3.60. The van der Waals surface area contributed by atoms with E-state index < -0.39 is 29.3 Å². The minimum absolute atomic E-state index is 0.0872. The van der Waals surface area contributed by atoms with E-state index in [1.54, 1.807) is 43.4 Å². The largest absolute Gasteiger partial charge is 0.481 e. The highest BCUT2D eigenvalue weighted by Crippen LogP contribution is 2.46. The number of carboxylic acid groups (broad SMARTS) is 1. The Balaban J connectivity index is 1.92. The van der Waals surface area contributed by atoms with Crippen molar-refractivity contribution in [1.82, 2.24) is 0 Å². The zero-order chi connectivity index (χ0) is 19.3. The van der Waals surface area contributed by atoms with Crippen LogP contribution in [0.15, 0.2) is 54.6 Å². The molecule has 0 radical (unpaired) electrons. The first-order valence-corrected chi connectivity index (χ1v) is 8.23. The van der Waals surface area contributed by atoms with Gasteiger partial charge in [0.1, 0.15) is 5.92 Å². The molecule has 136 valence electrons. The van der Waals surface area contributed by atoms with Crippen LogP contribution in [0.5, 0.6) is 0 Å². The van der Waals surface area contributed by atoms with Crippen LogP contribution in [0.4, 0.5) is 24.5 Å². The minimum atomic E-state index is -1.53. The van der Waals surface area contributed by atoms with E-state index in [0.717, 1.165) is 11.8 Å². The van der Waals surface area contributed by atoms with Gasteiger partial charge in [0.2, 0.25) is 0 Å². The first kappa shape index (κ1) is 17.1. The molecule has 27 heavy (non-hydrogen) atoms. The van der Waals surface area contributed by atoms with E-state index in [-0.39, 0.29) is 5.56 Å². The highest BCUT2D eigenvalue weighted by atomic mass is 19.2. The molecule has 3 aromatic carbocycles. The summed E-state index contributed by atoms with van der Waals surface area (Å²) in [6.07, 6.45) is 0. The van der Waals surface area contributed by atoms with Crippen molar-refractivity contribution in [3.63, 3.8) is 0 Å². The van der Waals surface area contributed by atoms with Crippen LogP contribution in [-0.4, -0.2) is 18.1 Å². The second-order valence-corrected chi connectivity index (χ2v) is 6.39. The Morgan fingerprint density at radius 1 is 0.926 bits per heavy atom. The zero-order valence-corrected chi connectivity index (χ0v) is 14.2. The number of rotatable bonds is 2. The van der Waals surface area contributed by atoms with E-state index in [4.69, 9.17) is 0 Å². The molecule has 1 N–H and O–H groups in total. The first-order valence-electron chi connectivity index (χ1n) is 8.23. The summed E-state index contributed by atoms with van der Waals surface area (Å²) in [4.78, 5) is 13.7. The third-order valence-electron chi connectivity index (χ3n) is 4.91. The predicted octanol–water partition coefficient (Wildman–Crippen LogP) is 5.07. The van der Waals surface area contributed by atoms with Gasteiger partial charge in [0.25, 0.3) is 0 Å². The molecule has 1 unspecified atom stereocenters. The molecule has 1 aliphatic heterocycles. The molecule has 0 amide bonds. The molecule has 0 aliphatic carbocycles.